The van der Waals surface area contributed by atoms with E-state index >= 15 is 0 Å². The van der Waals surface area contributed by atoms with E-state index in [2.05, 4.69) is 0 Å². The summed E-state index contributed by atoms with van der Waals surface area (Å²) in [5, 5.41) is 8.88. The molecule has 0 fully saturated rings. The van der Waals surface area contributed by atoms with E-state index in [0.29, 0.717) is 6.42 Å². The molecule has 0 heterocycles. The zero-order chi connectivity index (χ0) is 14.5. The van der Waals surface area contributed by atoms with E-state index in [1.54, 1.807) is 6.07 Å². The molecule has 3 N–H and O–H groups in total. The number of carbonyl (C=O) groups is 1. The first-order valence-corrected chi connectivity index (χ1v) is 6.32. The molecule has 0 aliphatic rings. The van der Waals surface area contributed by atoms with Crippen LogP contribution >= 0.6 is 0 Å². The summed E-state index contributed by atoms with van der Waals surface area (Å²) in [6.07, 6.45) is 1.96. The Hall–Kier alpha value is -1.62. The summed E-state index contributed by atoms with van der Waals surface area (Å²) in [5.74, 6) is -1.24. The van der Waals surface area contributed by atoms with Crippen molar-refractivity contribution in [2.24, 2.45) is 5.73 Å². The molecule has 0 amide bonds. The van der Waals surface area contributed by atoms with Crippen molar-refractivity contribution in [3.05, 3.63) is 30.1 Å². The Labute approximate surface area is 113 Å². The van der Waals surface area contributed by atoms with E-state index in [-0.39, 0.29) is 5.82 Å². The molecule has 0 radical (unpaired) electrons. The summed E-state index contributed by atoms with van der Waals surface area (Å²) in [4.78, 5) is 12.8. The average molecular weight is 268 g/mol. The van der Waals surface area contributed by atoms with Crippen molar-refractivity contribution in [1.29, 1.82) is 0 Å². The Balaban J connectivity index is 2.36. The third-order valence-electron chi connectivity index (χ3n) is 3.18. The van der Waals surface area contributed by atoms with Crippen LogP contribution in [-0.2, 0) is 4.79 Å². The highest BCUT2D eigenvalue weighted by Crippen LogP contribution is 2.16. The molecule has 0 aliphatic heterocycles. The molecule has 1 unspecified atom stereocenters. The van der Waals surface area contributed by atoms with Gasteiger partial charge in [0.05, 0.1) is 0 Å². The van der Waals surface area contributed by atoms with Gasteiger partial charge in [-0.15, -0.1) is 0 Å². The molecule has 1 rings (SSSR count). The zero-order valence-corrected chi connectivity index (χ0v) is 11.4. The molecule has 1 atom stereocenters. The molecule has 5 heteroatoms. The maximum absolute atomic E-state index is 13.1. The lowest BCUT2D eigenvalue weighted by Crippen LogP contribution is -2.44. The quantitative estimate of drug-likeness (QED) is 0.744. The van der Waals surface area contributed by atoms with Crippen LogP contribution in [0.25, 0.3) is 0 Å². The van der Waals surface area contributed by atoms with Crippen molar-refractivity contribution < 1.29 is 14.3 Å². The predicted molar refractivity (Wildman–Crippen MR) is 73.7 cm³/mol. The lowest BCUT2D eigenvalue weighted by molar-refractivity contribution is -0.142. The van der Waals surface area contributed by atoms with Gasteiger partial charge >= 0.3 is 5.97 Å². The highest BCUT2D eigenvalue weighted by Gasteiger charge is 2.26. The predicted octanol–water partition coefficient (Wildman–Crippen LogP) is 2.23. The molecule has 0 bridgehead atoms. The Morgan fingerprint density at radius 1 is 1.47 bits per heavy atom. The topological polar surface area (TPSA) is 66.6 Å². The molecule has 1 aromatic carbocycles. The number of unbranched alkanes of at least 4 members (excludes halogenated alkanes) is 1. The van der Waals surface area contributed by atoms with Crippen LogP contribution in [-0.4, -0.2) is 30.2 Å². The minimum absolute atomic E-state index is 0.259. The van der Waals surface area contributed by atoms with Gasteiger partial charge in [0.2, 0.25) is 0 Å². The summed E-state index contributed by atoms with van der Waals surface area (Å²) in [5.41, 5.74) is 5.29. The number of halogens is 1. The van der Waals surface area contributed by atoms with Crippen LogP contribution in [0.3, 0.4) is 0 Å². The molecule has 4 nitrogen and oxygen atoms in total. The number of aliphatic carboxylic acids is 1. The van der Waals surface area contributed by atoms with E-state index in [9.17, 15) is 9.18 Å². The molecular weight excluding hydrogens is 247 g/mol. The van der Waals surface area contributed by atoms with Crippen LogP contribution < -0.4 is 10.6 Å². The summed E-state index contributed by atoms with van der Waals surface area (Å²) < 4.78 is 13.1. The first-order valence-electron chi connectivity index (χ1n) is 6.32. The summed E-state index contributed by atoms with van der Waals surface area (Å²) in [6, 6.07) is 6.39. The Bertz CT molecular complexity index is 435. The van der Waals surface area contributed by atoms with Crippen LogP contribution in [0.15, 0.2) is 24.3 Å². The molecule has 0 spiro atoms. The van der Waals surface area contributed by atoms with Gasteiger partial charge in [-0.05, 0) is 44.4 Å². The third-order valence-corrected chi connectivity index (χ3v) is 3.18. The molecule has 0 saturated carbocycles. The minimum atomic E-state index is -1.17. The maximum Gasteiger partial charge on any atom is 0.323 e. The fraction of sp³-hybridized carbons (Fsp3) is 0.500. The van der Waals surface area contributed by atoms with Gasteiger partial charge in [0.25, 0.3) is 0 Å². The van der Waals surface area contributed by atoms with Crippen molar-refractivity contribution in [1.82, 2.24) is 0 Å². The van der Waals surface area contributed by atoms with E-state index in [1.165, 1.54) is 19.1 Å². The number of anilines is 1. The van der Waals surface area contributed by atoms with E-state index in [4.69, 9.17) is 10.8 Å². The van der Waals surface area contributed by atoms with Gasteiger partial charge in [0.15, 0.2) is 0 Å². The second-order valence-corrected chi connectivity index (χ2v) is 5.08. The molecule has 0 saturated heterocycles. The third kappa shape index (κ3) is 4.87. The minimum Gasteiger partial charge on any atom is -0.480 e. The number of carboxylic acids is 1. The summed E-state index contributed by atoms with van der Waals surface area (Å²) in [6.45, 7) is 2.25. The van der Waals surface area contributed by atoms with Crippen LogP contribution in [0.1, 0.15) is 26.2 Å². The first-order chi connectivity index (χ1) is 8.83. The molecule has 0 aliphatic carbocycles. The number of rotatable bonds is 7. The fourth-order valence-corrected chi connectivity index (χ4v) is 1.79. The SMILES string of the molecule is CN(CCCCC(C)(N)C(=O)O)c1cccc(F)c1. The molecule has 1 aromatic rings. The van der Waals surface area contributed by atoms with Crippen LogP contribution in [0, 0.1) is 5.82 Å². The summed E-state index contributed by atoms with van der Waals surface area (Å²) >= 11 is 0. The van der Waals surface area contributed by atoms with Gasteiger partial charge in [-0.25, -0.2) is 4.39 Å². The van der Waals surface area contributed by atoms with Gasteiger partial charge in [-0.3, -0.25) is 4.79 Å². The fourth-order valence-electron chi connectivity index (χ4n) is 1.79. The number of nitrogens with zero attached hydrogens (tertiary/aromatic N) is 1. The second-order valence-electron chi connectivity index (χ2n) is 5.08. The molecular formula is C14H21FN2O2. The van der Waals surface area contributed by atoms with Gasteiger partial charge in [0.1, 0.15) is 11.4 Å². The lowest BCUT2D eigenvalue weighted by Gasteiger charge is -2.21. The largest absolute Gasteiger partial charge is 0.480 e. The van der Waals surface area contributed by atoms with Gasteiger partial charge < -0.3 is 15.7 Å². The highest BCUT2D eigenvalue weighted by molar-refractivity contribution is 5.77. The number of hydrogen-bond acceptors (Lipinski definition) is 3. The Morgan fingerprint density at radius 2 is 2.16 bits per heavy atom. The van der Waals surface area contributed by atoms with Crippen LogP contribution in [0.5, 0.6) is 0 Å². The molecule has 106 valence electrons. The zero-order valence-electron chi connectivity index (χ0n) is 11.4. The van der Waals surface area contributed by atoms with Crippen molar-refractivity contribution in [3.8, 4) is 0 Å². The van der Waals surface area contributed by atoms with Crippen LogP contribution in [0.2, 0.25) is 0 Å². The van der Waals surface area contributed by atoms with Crippen LogP contribution in [0.4, 0.5) is 10.1 Å². The van der Waals surface area contributed by atoms with Crippen molar-refractivity contribution >= 4 is 11.7 Å². The average Bonchev–Trinajstić information content (AvgIpc) is 2.34. The van der Waals surface area contributed by atoms with Crippen molar-refractivity contribution in [2.45, 2.75) is 31.7 Å². The highest BCUT2D eigenvalue weighted by atomic mass is 19.1. The monoisotopic (exact) mass is 268 g/mol. The first kappa shape index (κ1) is 15.4. The summed E-state index contributed by atoms with van der Waals surface area (Å²) in [7, 11) is 1.88. The van der Waals surface area contributed by atoms with Crippen molar-refractivity contribution in [3.63, 3.8) is 0 Å². The van der Waals surface area contributed by atoms with Gasteiger partial charge in [0, 0.05) is 19.3 Å². The van der Waals surface area contributed by atoms with Gasteiger partial charge in [-0.1, -0.05) is 6.07 Å². The van der Waals surface area contributed by atoms with Gasteiger partial charge in [-0.2, -0.15) is 0 Å². The standard InChI is InChI=1S/C14H21FN2O2/c1-14(16,13(18)19)8-3-4-9-17(2)12-7-5-6-11(15)10-12/h5-7,10H,3-4,8-9,16H2,1-2H3,(H,18,19). The number of benzene rings is 1. The van der Waals surface area contributed by atoms with E-state index < -0.39 is 11.5 Å². The Kier molecular flexibility index (Phi) is 5.30. The van der Waals surface area contributed by atoms with E-state index in [0.717, 1.165) is 25.1 Å². The number of carboxylic acid groups (broad SMARTS) is 1. The maximum atomic E-state index is 13.1. The lowest BCUT2D eigenvalue weighted by atomic mass is 9.96. The Morgan fingerprint density at radius 3 is 2.74 bits per heavy atom. The molecule has 0 aromatic heterocycles. The number of hydrogen-bond donors (Lipinski definition) is 2. The van der Waals surface area contributed by atoms with E-state index in [1.807, 2.05) is 18.0 Å². The smallest absolute Gasteiger partial charge is 0.323 e. The second kappa shape index (κ2) is 6.52. The normalized spacial score (nSPS) is 13.9. The van der Waals surface area contributed by atoms with Crippen molar-refractivity contribution in [2.75, 3.05) is 18.5 Å². The molecule has 19 heavy (non-hydrogen) atoms. The number of nitrogens with two attached hydrogens (primary N) is 1.